The van der Waals surface area contributed by atoms with Gasteiger partial charge in [-0.3, -0.25) is 9.10 Å². The molecular formula is C21H28N2O4S. The monoisotopic (exact) mass is 404 g/mol. The van der Waals surface area contributed by atoms with Crippen LogP contribution in [0, 0.1) is 13.8 Å². The second-order valence-corrected chi connectivity index (χ2v) is 8.75. The van der Waals surface area contributed by atoms with Gasteiger partial charge in [-0.1, -0.05) is 18.2 Å². The lowest BCUT2D eigenvalue weighted by atomic mass is 10.1. The van der Waals surface area contributed by atoms with Crippen molar-refractivity contribution < 1.29 is 17.9 Å². The molecule has 0 bridgehead atoms. The molecule has 0 aliphatic carbocycles. The molecule has 0 unspecified atom stereocenters. The van der Waals surface area contributed by atoms with E-state index in [0.29, 0.717) is 12.2 Å². The minimum Gasteiger partial charge on any atom is -0.497 e. The first-order valence-electron chi connectivity index (χ1n) is 9.15. The molecule has 2 rings (SSSR count). The van der Waals surface area contributed by atoms with E-state index in [0.717, 1.165) is 45.8 Å². The average Bonchev–Trinajstić information content (AvgIpc) is 2.65. The van der Waals surface area contributed by atoms with Gasteiger partial charge in [-0.2, -0.15) is 0 Å². The van der Waals surface area contributed by atoms with Crippen LogP contribution in [0.3, 0.4) is 0 Å². The van der Waals surface area contributed by atoms with Crippen LogP contribution in [-0.2, 0) is 21.2 Å². The molecule has 0 saturated carbocycles. The number of methoxy groups -OCH3 is 1. The highest BCUT2D eigenvalue weighted by molar-refractivity contribution is 7.92. The van der Waals surface area contributed by atoms with Gasteiger partial charge in [0.05, 0.1) is 19.1 Å². The Hall–Kier alpha value is -2.54. The maximum atomic E-state index is 12.3. The first kappa shape index (κ1) is 21.8. The highest BCUT2D eigenvalue weighted by Gasteiger charge is 2.21. The number of hydrogen-bond acceptors (Lipinski definition) is 4. The van der Waals surface area contributed by atoms with Crippen LogP contribution in [0.5, 0.6) is 5.75 Å². The number of hydrogen-bond donors (Lipinski definition) is 1. The largest absolute Gasteiger partial charge is 0.497 e. The van der Waals surface area contributed by atoms with Crippen molar-refractivity contribution >= 4 is 21.6 Å². The third-order valence-electron chi connectivity index (χ3n) is 4.56. The van der Waals surface area contributed by atoms with Crippen molar-refractivity contribution in [3.05, 3.63) is 59.2 Å². The predicted molar refractivity (Wildman–Crippen MR) is 112 cm³/mol. The molecule has 0 heterocycles. The summed E-state index contributed by atoms with van der Waals surface area (Å²) in [4.78, 5) is 12.3. The summed E-state index contributed by atoms with van der Waals surface area (Å²) in [7, 11) is -1.94. The Bertz CT molecular complexity index is 926. The van der Waals surface area contributed by atoms with Crippen LogP contribution in [0.15, 0.2) is 42.5 Å². The number of benzene rings is 2. The van der Waals surface area contributed by atoms with Crippen molar-refractivity contribution in [2.75, 3.05) is 30.8 Å². The summed E-state index contributed by atoms with van der Waals surface area (Å²) in [5.74, 6) is 0.480. The van der Waals surface area contributed by atoms with Crippen molar-refractivity contribution in [3.8, 4) is 5.75 Å². The van der Waals surface area contributed by atoms with Gasteiger partial charge in [-0.05, 0) is 67.6 Å². The van der Waals surface area contributed by atoms with Gasteiger partial charge in [0.1, 0.15) is 12.3 Å². The lowest BCUT2D eigenvalue weighted by Gasteiger charge is -2.22. The van der Waals surface area contributed by atoms with E-state index in [1.807, 2.05) is 44.2 Å². The summed E-state index contributed by atoms with van der Waals surface area (Å²) in [6.45, 7) is 4.11. The highest BCUT2D eigenvalue weighted by atomic mass is 32.2. The standard InChI is InChI=1S/C21H28N2O4S/c1-16-10-11-19(13-17(16)2)23(28(4,25)26)15-21(24)22-12-6-8-18-7-5-9-20(14-18)27-3/h5,7,9-11,13-14H,6,8,12,15H2,1-4H3,(H,22,24). The number of nitrogens with one attached hydrogen (secondary N) is 1. The van der Waals surface area contributed by atoms with Crippen molar-refractivity contribution in [1.29, 1.82) is 0 Å². The second kappa shape index (κ2) is 9.59. The van der Waals surface area contributed by atoms with E-state index in [4.69, 9.17) is 4.74 Å². The topological polar surface area (TPSA) is 75.7 Å². The SMILES string of the molecule is COc1cccc(CCCNC(=O)CN(c2ccc(C)c(C)c2)S(C)(=O)=O)c1. The summed E-state index contributed by atoms with van der Waals surface area (Å²) in [5.41, 5.74) is 3.67. The quantitative estimate of drug-likeness (QED) is 0.652. The van der Waals surface area contributed by atoms with Gasteiger partial charge in [0.25, 0.3) is 0 Å². The Morgan fingerprint density at radius 2 is 1.86 bits per heavy atom. The summed E-state index contributed by atoms with van der Waals surface area (Å²) in [6.07, 6.45) is 2.66. The van der Waals surface area contributed by atoms with Crippen LogP contribution in [0.25, 0.3) is 0 Å². The van der Waals surface area contributed by atoms with E-state index >= 15 is 0 Å². The number of anilines is 1. The van der Waals surface area contributed by atoms with E-state index in [1.165, 1.54) is 0 Å². The van der Waals surface area contributed by atoms with Crippen LogP contribution >= 0.6 is 0 Å². The molecule has 28 heavy (non-hydrogen) atoms. The Labute approximate surface area is 167 Å². The Morgan fingerprint density at radius 1 is 1.11 bits per heavy atom. The molecule has 0 aromatic heterocycles. The molecule has 6 nitrogen and oxygen atoms in total. The number of nitrogens with zero attached hydrogens (tertiary/aromatic N) is 1. The van der Waals surface area contributed by atoms with E-state index in [2.05, 4.69) is 5.32 Å². The van der Waals surface area contributed by atoms with Gasteiger partial charge >= 0.3 is 0 Å². The van der Waals surface area contributed by atoms with Crippen LogP contribution in [0.2, 0.25) is 0 Å². The smallest absolute Gasteiger partial charge is 0.240 e. The minimum absolute atomic E-state index is 0.236. The maximum Gasteiger partial charge on any atom is 0.240 e. The van der Waals surface area contributed by atoms with Crippen molar-refractivity contribution in [3.63, 3.8) is 0 Å². The number of aryl methyl sites for hydroxylation is 3. The third-order valence-corrected chi connectivity index (χ3v) is 5.71. The Balaban J connectivity index is 1.92. The predicted octanol–water partition coefficient (Wildman–Crippen LogP) is 2.83. The zero-order valence-corrected chi connectivity index (χ0v) is 17.7. The number of carbonyl (C=O) groups is 1. The van der Waals surface area contributed by atoms with Gasteiger partial charge in [0.2, 0.25) is 15.9 Å². The first-order chi connectivity index (χ1) is 13.2. The molecule has 2 aromatic carbocycles. The van der Waals surface area contributed by atoms with Gasteiger partial charge in [0.15, 0.2) is 0 Å². The summed E-state index contributed by atoms with van der Waals surface area (Å²) >= 11 is 0. The fourth-order valence-electron chi connectivity index (χ4n) is 2.82. The minimum atomic E-state index is -3.57. The number of ether oxygens (including phenoxy) is 1. The molecule has 0 aliphatic heterocycles. The first-order valence-corrected chi connectivity index (χ1v) is 11.0. The molecule has 1 amide bonds. The molecule has 0 radical (unpaired) electrons. The van der Waals surface area contributed by atoms with Crippen molar-refractivity contribution in [1.82, 2.24) is 5.32 Å². The number of rotatable bonds is 9. The Kier molecular flexibility index (Phi) is 7.45. The average molecular weight is 405 g/mol. The molecule has 0 spiro atoms. The van der Waals surface area contributed by atoms with E-state index in [-0.39, 0.29) is 12.5 Å². The molecular weight excluding hydrogens is 376 g/mol. The molecule has 0 saturated heterocycles. The van der Waals surface area contributed by atoms with E-state index < -0.39 is 10.0 Å². The van der Waals surface area contributed by atoms with Crippen molar-refractivity contribution in [2.24, 2.45) is 0 Å². The van der Waals surface area contributed by atoms with Gasteiger partial charge < -0.3 is 10.1 Å². The fourth-order valence-corrected chi connectivity index (χ4v) is 3.66. The van der Waals surface area contributed by atoms with Crippen LogP contribution in [0.4, 0.5) is 5.69 Å². The molecule has 7 heteroatoms. The summed E-state index contributed by atoms with van der Waals surface area (Å²) < 4.78 is 30.7. The summed E-state index contributed by atoms with van der Waals surface area (Å²) in [5, 5.41) is 2.80. The third kappa shape index (κ3) is 6.27. The molecule has 152 valence electrons. The molecule has 0 atom stereocenters. The van der Waals surface area contributed by atoms with Gasteiger partial charge in [0, 0.05) is 6.54 Å². The van der Waals surface area contributed by atoms with Crippen LogP contribution in [0.1, 0.15) is 23.1 Å². The molecule has 1 N–H and O–H groups in total. The normalized spacial score (nSPS) is 11.1. The Morgan fingerprint density at radius 3 is 2.50 bits per heavy atom. The van der Waals surface area contributed by atoms with E-state index in [1.54, 1.807) is 19.2 Å². The zero-order valence-electron chi connectivity index (χ0n) is 16.9. The fraction of sp³-hybridized carbons (Fsp3) is 0.381. The second-order valence-electron chi connectivity index (χ2n) is 6.84. The highest BCUT2D eigenvalue weighted by Crippen LogP contribution is 2.21. The van der Waals surface area contributed by atoms with Gasteiger partial charge in [-0.25, -0.2) is 8.42 Å². The number of amides is 1. The number of sulfonamides is 1. The zero-order chi connectivity index (χ0) is 20.7. The number of carbonyl (C=O) groups excluding carboxylic acids is 1. The van der Waals surface area contributed by atoms with Crippen LogP contribution < -0.4 is 14.4 Å². The molecule has 2 aromatic rings. The molecule has 0 fully saturated rings. The lowest BCUT2D eigenvalue weighted by Crippen LogP contribution is -2.40. The van der Waals surface area contributed by atoms with Crippen LogP contribution in [-0.4, -0.2) is 40.8 Å². The maximum absolute atomic E-state index is 12.3. The molecule has 0 aliphatic rings. The van der Waals surface area contributed by atoms with E-state index in [9.17, 15) is 13.2 Å². The van der Waals surface area contributed by atoms with Crippen molar-refractivity contribution in [2.45, 2.75) is 26.7 Å². The lowest BCUT2D eigenvalue weighted by molar-refractivity contribution is -0.119. The summed E-state index contributed by atoms with van der Waals surface area (Å²) in [6, 6.07) is 13.2. The van der Waals surface area contributed by atoms with Gasteiger partial charge in [-0.15, -0.1) is 0 Å².